The van der Waals surface area contributed by atoms with Crippen LogP contribution in [0.25, 0.3) is 0 Å². The molecule has 0 bridgehead atoms. The van der Waals surface area contributed by atoms with Gasteiger partial charge in [-0.1, -0.05) is 12.5 Å². The zero-order chi connectivity index (χ0) is 12.1. The summed E-state index contributed by atoms with van der Waals surface area (Å²) in [6.07, 6.45) is 5.88. The highest BCUT2D eigenvalue weighted by Gasteiger charge is 2.27. The van der Waals surface area contributed by atoms with E-state index in [0.717, 1.165) is 12.2 Å². The molecule has 1 aromatic rings. The highest BCUT2D eigenvalue weighted by Crippen LogP contribution is 2.26. The third-order valence-corrected chi connectivity index (χ3v) is 3.11. The lowest BCUT2D eigenvalue weighted by Crippen LogP contribution is -2.40. The molecule has 1 fully saturated rings. The second-order valence-corrected chi connectivity index (χ2v) is 4.92. The average Bonchev–Trinajstić information content (AvgIpc) is 2.38. The van der Waals surface area contributed by atoms with Crippen LogP contribution in [-0.4, -0.2) is 23.7 Å². The lowest BCUT2D eigenvalue weighted by molar-refractivity contribution is -0.0232. The first-order valence-corrected chi connectivity index (χ1v) is 6.57. The summed E-state index contributed by atoms with van der Waals surface area (Å²) in [4.78, 5) is 4.44. The molecule has 2 unspecified atom stereocenters. The molecule has 0 aromatic carbocycles. The lowest BCUT2D eigenvalue weighted by Gasteiger charge is -2.32. The van der Waals surface area contributed by atoms with E-state index in [9.17, 15) is 0 Å². The monoisotopic (exact) mass is 234 g/mol. The highest BCUT2D eigenvalue weighted by molar-refractivity contribution is 5.10. The van der Waals surface area contributed by atoms with Gasteiger partial charge in [0.1, 0.15) is 6.10 Å². The first-order valence-electron chi connectivity index (χ1n) is 6.57. The largest absolute Gasteiger partial charge is 0.368 e. The van der Waals surface area contributed by atoms with E-state index in [1.165, 1.54) is 19.3 Å². The van der Waals surface area contributed by atoms with Crippen LogP contribution >= 0.6 is 0 Å². The summed E-state index contributed by atoms with van der Waals surface area (Å²) in [5.41, 5.74) is 1.04. The Hall–Kier alpha value is -0.930. The number of piperidine rings is 1. The third kappa shape index (κ3) is 3.51. The lowest BCUT2D eigenvalue weighted by atomic mass is 9.97. The molecule has 0 amide bonds. The van der Waals surface area contributed by atoms with Crippen LogP contribution in [-0.2, 0) is 4.74 Å². The van der Waals surface area contributed by atoms with Crippen LogP contribution in [0.5, 0.6) is 0 Å². The predicted octanol–water partition coefficient (Wildman–Crippen LogP) is 2.69. The maximum atomic E-state index is 6.05. The van der Waals surface area contributed by atoms with Crippen molar-refractivity contribution in [1.82, 2.24) is 10.3 Å². The van der Waals surface area contributed by atoms with Crippen molar-refractivity contribution in [2.75, 3.05) is 6.54 Å². The number of ether oxygens (including phenoxy) is 1. The van der Waals surface area contributed by atoms with Gasteiger partial charge >= 0.3 is 0 Å². The van der Waals surface area contributed by atoms with Crippen LogP contribution in [0.2, 0.25) is 0 Å². The van der Waals surface area contributed by atoms with Gasteiger partial charge in [0.05, 0.1) is 11.8 Å². The van der Waals surface area contributed by atoms with Gasteiger partial charge in [-0.3, -0.25) is 4.98 Å². The van der Waals surface area contributed by atoms with Crippen molar-refractivity contribution in [2.24, 2.45) is 0 Å². The van der Waals surface area contributed by atoms with Crippen LogP contribution in [0.15, 0.2) is 24.4 Å². The molecule has 1 aliphatic heterocycles. The van der Waals surface area contributed by atoms with Crippen LogP contribution < -0.4 is 5.32 Å². The summed E-state index contributed by atoms with van der Waals surface area (Å²) in [5.74, 6) is 0. The fourth-order valence-electron chi connectivity index (χ4n) is 2.35. The molecule has 0 saturated carbocycles. The average molecular weight is 234 g/mol. The normalized spacial score (nSPS) is 22.6. The molecule has 94 valence electrons. The van der Waals surface area contributed by atoms with Crippen molar-refractivity contribution in [1.29, 1.82) is 0 Å². The molecule has 1 N–H and O–H groups in total. The molecule has 0 radical (unpaired) electrons. The first-order chi connectivity index (χ1) is 8.27. The van der Waals surface area contributed by atoms with Crippen molar-refractivity contribution in [2.45, 2.75) is 51.4 Å². The summed E-state index contributed by atoms with van der Waals surface area (Å²) < 4.78 is 6.05. The summed E-state index contributed by atoms with van der Waals surface area (Å²) >= 11 is 0. The fraction of sp³-hybridized carbons (Fsp3) is 0.643. The van der Waals surface area contributed by atoms with Crippen LogP contribution in [0.4, 0.5) is 0 Å². The Morgan fingerprint density at radius 1 is 1.35 bits per heavy atom. The number of nitrogens with zero attached hydrogens (tertiary/aromatic N) is 1. The minimum atomic E-state index is 0.0801. The molecule has 0 spiro atoms. The van der Waals surface area contributed by atoms with E-state index in [1.54, 1.807) is 0 Å². The highest BCUT2D eigenvalue weighted by atomic mass is 16.5. The third-order valence-electron chi connectivity index (χ3n) is 3.11. The molecule has 2 atom stereocenters. The Morgan fingerprint density at radius 3 is 2.82 bits per heavy atom. The summed E-state index contributed by atoms with van der Waals surface area (Å²) in [7, 11) is 0. The Balaban J connectivity index is 2.12. The van der Waals surface area contributed by atoms with Gasteiger partial charge in [-0.15, -0.1) is 0 Å². The molecule has 3 heteroatoms. The summed E-state index contributed by atoms with van der Waals surface area (Å²) in [6, 6.07) is 6.44. The number of hydrogen-bond acceptors (Lipinski definition) is 3. The van der Waals surface area contributed by atoms with Crippen molar-refractivity contribution in [3.63, 3.8) is 0 Å². The van der Waals surface area contributed by atoms with Crippen LogP contribution in [0, 0.1) is 0 Å². The van der Waals surface area contributed by atoms with E-state index in [4.69, 9.17) is 4.74 Å². The molecule has 2 heterocycles. The van der Waals surface area contributed by atoms with E-state index < -0.39 is 0 Å². The predicted molar refractivity (Wildman–Crippen MR) is 68.8 cm³/mol. The van der Waals surface area contributed by atoms with Crippen LogP contribution in [0.1, 0.15) is 44.9 Å². The van der Waals surface area contributed by atoms with Gasteiger partial charge in [-0.05, 0) is 45.4 Å². The van der Waals surface area contributed by atoms with Crippen LogP contribution in [0.3, 0.4) is 0 Å². The zero-order valence-electron chi connectivity index (χ0n) is 10.7. The number of nitrogens with one attached hydrogen (secondary N) is 1. The van der Waals surface area contributed by atoms with E-state index in [1.807, 2.05) is 18.3 Å². The summed E-state index contributed by atoms with van der Waals surface area (Å²) in [5, 5.41) is 3.56. The number of pyridine rings is 1. The molecular formula is C14H22N2O. The van der Waals surface area contributed by atoms with Crippen molar-refractivity contribution < 1.29 is 4.74 Å². The molecule has 1 aromatic heterocycles. The maximum absolute atomic E-state index is 6.05. The van der Waals surface area contributed by atoms with E-state index in [0.29, 0.717) is 6.04 Å². The minimum absolute atomic E-state index is 0.0801. The van der Waals surface area contributed by atoms with E-state index in [-0.39, 0.29) is 12.2 Å². The van der Waals surface area contributed by atoms with Crippen molar-refractivity contribution in [3.05, 3.63) is 30.1 Å². The molecule has 0 aliphatic carbocycles. The topological polar surface area (TPSA) is 34.1 Å². The molecule has 1 saturated heterocycles. The number of aromatic nitrogens is 1. The SMILES string of the molecule is CC(C)OC(c1ccccn1)C1CCCCN1. The molecule has 3 nitrogen and oxygen atoms in total. The Labute approximate surface area is 104 Å². The van der Waals surface area contributed by atoms with E-state index >= 15 is 0 Å². The Morgan fingerprint density at radius 2 is 2.24 bits per heavy atom. The smallest absolute Gasteiger partial charge is 0.115 e. The minimum Gasteiger partial charge on any atom is -0.368 e. The van der Waals surface area contributed by atoms with Gasteiger partial charge in [0, 0.05) is 12.2 Å². The van der Waals surface area contributed by atoms with Gasteiger partial charge in [-0.2, -0.15) is 0 Å². The fourth-order valence-corrected chi connectivity index (χ4v) is 2.35. The second-order valence-electron chi connectivity index (χ2n) is 4.92. The van der Waals surface area contributed by atoms with Crippen molar-refractivity contribution >= 4 is 0 Å². The van der Waals surface area contributed by atoms with Gasteiger partial charge in [0.2, 0.25) is 0 Å². The first kappa shape index (κ1) is 12.5. The van der Waals surface area contributed by atoms with E-state index in [2.05, 4.69) is 30.2 Å². The quantitative estimate of drug-likeness (QED) is 0.869. The molecule has 2 rings (SSSR count). The molecule has 17 heavy (non-hydrogen) atoms. The van der Waals surface area contributed by atoms with Gasteiger partial charge in [0.25, 0.3) is 0 Å². The Kier molecular flexibility index (Phi) is 4.51. The standard InChI is InChI=1S/C14H22N2O/c1-11(2)17-14(12-7-3-5-9-15-12)13-8-4-6-10-16-13/h3,5,7,9,11,13-14,16H,4,6,8,10H2,1-2H3. The van der Waals surface area contributed by atoms with Gasteiger partial charge in [0.15, 0.2) is 0 Å². The second kappa shape index (κ2) is 6.12. The van der Waals surface area contributed by atoms with Gasteiger partial charge in [-0.25, -0.2) is 0 Å². The molecular weight excluding hydrogens is 212 g/mol. The van der Waals surface area contributed by atoms with Gasteiger partial charge < -0.3 is 10.1 Å². The summed E-state index contributed by atoms with van der Waals surface area (Å²) in [6.45, 7) is 5.26. The molecule has 1 aliphatic rings. The Bertz CT molecular complexity index is 320. The maximum Gasteiger partial charge on any atom is 0.115 e. The zero-order valence-corrected chi connectivity index (χ0v) is 10.7. The number of rotatable bonds is 4. The van der Waals surface area contributed by atoms with Crippen molar-refractivity contribution in [3.8, 4) is 0 Å². The number of hydrogen-bond donors (Lipinski definition) is 1.